The van der Waals surface area contributed by atoms with Gasteiger partial charge < -0.3 is 5.32 Å². The summed E-state index contributed by atoms with van der Waals surface area (Å²) in [5, 5.41) is 3.01. The highest BCUT2D eigenvalue weighted by atomic mass is 35.5. The van der Waals surface area contributed by atoms with Crippen LogP contribution >= 0.6 is 11.6 Å². The van der Waals surface area contributed by atoms with Crippen LogP contribution in [0, 0.1) is 17.2 Å². The van der Waals surface area contributed by atoms with Crippen molar-refractivity contribution in [2.45, 2.75) is 27.7 Å². The number of hydrogen-bond donors (Lipinski definition) is 1. The molecule has 1 aromatic rings. The maximum atomic E-state index is 13.3. The summed E-state index contributed by atoms with van der Waals surface area (Å²) in [5.74, 6) is 0.165. The van der Waals surface area contributed by atoms with Gasteiger partial charge in [0.2, 0.25) is 5.28 Å². The first-order valence-electron chi connectivity index (χ1n) is 5.25. The van der Waals surface area contributed by atoms with Gasteiger partial charge in [-0.2, -0.15) is 4.98 Å². The number of nitrogens with one attached hydrogen (secondary N) is 1. The van der Waals surface area contributed by atoms with Gasteiger partial charge in [0.25, 0.3) is 0 Å². The van der Waals surface area contributed by atoms with Gasteiger partial charge in [-0.3, -0.25) is 0 Å². The Hall–Kier alpha value is -0.900. The first-order valence-corrected chi connectivity index (χ1v) is 5.62. The number of aromatic nitrogens is 2. The minimum atomic E-state index is -0.482. The first kappa shape index (κ1) is 13.2. The molecule has 1 aromatic heterocycles. The zero-order valence-corrected chi connectivity index (χ0v) is 10.8. The molecule has 1 rings (SSSR count). The van der Waals surface area contributed by atoms with Crippen molar-refractivity contribution in [1.29, 1.82) is 0 Å². The van der Waals surface area contributed by atoms with E-state index >= 15 is 0 Å². The number of nitrogens with zero attached hydrogens (tertiary/aromatic N) is 2. The summed E-state index contributed by atoms with van der Waals surface area (Å²) in [6.45, 7) is 9.13. The molecule has 0 saturated heterocycles. The molecule has 0 radical (unpaired) electrons. The second-order valence-electron chi connectivity index (χ2n) is 4.83. The van der Waals surface area contributed by atoms with E-state index in [1.165, 1.54) is 0 Å². The van der Waals surface area contributed by atoms with Gasteiger partial charge in [-0.1, -0.05) is 27.7 Å². The fraction of sp³-hybridized carbons (Fsp3) is 0.636. The minimum absolute atomic E-state index is 0.0475. The molecule has 1 heterocycles. The monoisotopic (exact) mass is 245 g/mol. The van der Waals surface area contributed by atoms with E-state index < -0.39 is 5.82 Å². The summed E-state index contributed by atoms with van der Waals surface area (Å²) in [6.07, 6.45) is 1.07. The van der Waals surface area contributed by atoms with Crippen LogP contribution in [0.1, 0.15) is 27.7 Å². The van der Waals surface area contributed by atoms with Crippen molar-refractivity contribution < 1.29 is 4.39 Å². The van der Waals surface area contributed by atoms with E-state index in [4.69, 9.17) is 11.6 Å². The van der Waals surface area contributed by atoms with Crippen LogP contribution in [0.15, 0.2) is 6.20 Å². The van der Waals surface area contributed by atoms with Crippen molar-refractivity contribution in [3.8, 4) is 0 Å². The predicted octanol–water partition coefficient (Wildman–Crippen LogP) is 3.36. The van der Waals surface area contributed by atoms with Gasteiger partial charge in [0.1, 0.15) is 0 Å². The van der Waals surface area contributed by atoms with Crippen LogP contribution in [0.4, 0.5) is 10.2 Å². The maximum absolute atomic E-state index is 13.3. The third kappa shape index (κ3) is 3.30. The first-order chi connectivity index (χ1) is 7.33. The van der Waals surface area contributed by atoms with E-state index in [0.717, 1.165) is 6.20 Å². The molecule has 0 aliphatic rings. The molecule has 0 bridgehead atoms. The third-order valence-corrected chi connectivity index (χ3v) is 3.17. The Kier molecular flexibility index (Phi) is 4.08. The second kappa shape index (κ2) is 4.95. The van der Waals surface area contributed by atoms with Crippen molar-refractivity contribution in [2.75, 3.05) is 11.9 Å². The molecule has 0 unspecified atom stereocenters. The molecule has 0 saturated carbocycles. The molecule has 0 amide bonds. The minimum Gasteiger partial charge on any atom is -0.367 e. The van der Waals surface area contributed by atoms with Crippen LogP contribution in [0.5, 0.6) is 0 Å². The molecule has 90 valence electrons. The van der Waals surface area contributed by atoms with Crippen LogP contribution < -0.4 is 5.32 Å². The maximum Gasteiger partial charge on any atom is 0.224 e. The van der Waals surface area contributed by atoms with Crippen LogP contribution in [-0.2, 0) is 0 Å². The van der Waals surface area contributed by atoms with Crippen molar-refractivity contribution >= 4 is 17.4 Å². The lowest BCUT2D eigenvalue weighted by Crippen LogP contribution is -2.29. The Morgan fingerprint density at radius 3 is 2.69 bits per heavy atom. The average Bonchev–Trinajstić information content (AvgIpc) is 2.19. The average molecular weight is 246 g/mol. The van der Waals surface area contributed by atoms with Crippen LogP contribution in [0.2, 0.25) is 5.28 Å². The van der Waals surface area contributed by atoms with Crippen molar-refractivity contribution in [2.24, 2.45) is 11.3 Å². The lowest BCUT2D eigenvalue weighted by Gasteiger charge is -2.29. The van der Waals surface area contributed by atoms with Gasteiger partial charge in [0, 0.05) is 6.54 Å². The van der Waals surface area contributed by atoms with E-state index in [1.54, 1.807) is 0 Å². The number of hydrogen-bond acceptors (Lipinski definition) is 3. The molecule has 0 spiro atoms. The summed E-state index contributed by atoms with van der Waals surface area (Å²) in [4.78, 5) is 7.36. The van der Waals surface area contributed by atoms with E-state index in [1.807, 2.05) is 0 Å². The molecule has 0 aliphatic heterocycles. The summed E-state index contributed by atoms with van der Waals surface area (Å²) in [6, 6.07) is 0. The highest BCUT2D eigenvalue weighted by Crippen LogP contribution is 2.26. The lowest BCUT2D eigenvalue weighted by atomic mass is 9.81. The normalized spacial score (nSPS) is 11.9. The summed E-state index contributed by atoms with van der Waals surface area (Å²) in [7, 11) is 0. The molecular weight excluding hydrogens is 229 g/mol. The summed E-state index contributed by atoms with van der Waals surface area (Å²) in [5.41, 5.74) is 0.0594. The van der Waals surface area contributed by atoms with Gasteiger partial charge in [-0.05, 0) is 22.9 Å². The molecule has 0 aliphatic carbocycles. The van der Waals surface area contributed by atoms with Gasteiger partial charge >= 0.3 is 0 Å². The van der Waals surface area contributed by atoms with Crippen molar-refractivity contribution in [3.05, 3.63) is 17.3 Å². The molecule has 3 nitrogen and oxygen atoms in total. The van der Waals surface area contributed by atoms with E-state index in [-0.39, 0.29) is 16.5 Å². The molecule has 0 aromatic carbocycles. The molecule has 1 N–H and O–H groups in total. The predicted molar refractivity (Wildman–Crippen MR) is 64.1 cm³/mol. The Labute approximate surface area is 100 Å². The molecule has 5 heteroatoms. The largest absolute Gasteiger partial charge is 0.367 e. The summed E-state index contributed by atoms with van der Waals surface area (Å²) < 4.78 is 13.3. The van der Waals surface area contributed by atoms with E-state index in [2.05, 4.69) is 43.0 Å². The van der Waals surface area contributed by atoms with Gasteiger partial charge in [-0.25, -0.2) is 9.37 Å². The van der Waals surface area contributed by atoms with Gasteiger partial charge in [0.05, 0.1) is 6.20 Å². The van der Waals surface area contributed by atoms with Crippen LogP contribution in [0.3, 0.4) is 0 Å². The molecular formula is C11H17ClFN3. The second-order valence-corrected chi connectivity index (χ2v) is 5.17. The third-order valence-electron chi connectivity index (χ3n) is 2.99. The lowest BCUT2D eigenvalue weighted by molar-refractivity contribution is 0.269. The number of rotatable bonds is 4. The Balaban J connectivity index is 2.71. The van der Waals surface area contributed by atoms with Crippen molar-refractivity contribution in [1.82, 2.24) is 9.97 Å². The molecule has 0 fully saturated rings. The van der Waals surface area contributed by atoms with Gasteiger partial charge in [0.15, 0.2) is 11.6 Å². The van der Waals surface area contributed by atoms with Crippen LogP contribution in [-0.4, -0.2) is 16.5 Å². The fourth-order valence-electron chi connectivity index (χ4n) is 0.985. The highest BCUT2D eigenvalue weighted by molar-refractivity contribution is 6.28. The highest BCUT2D eigenvalue weighted by Gasteiger charge is 2.22. The zero-order chi connectivity index (χ0) is 12.3. The van der Waals surface area contributed by atoms with E-state index in [9.17, 15) is 4.39 Å². The zero-order valence-electron chi connectivity index (χ0n) is 10.0. The number of halogens is 2. The standard InChI is InChI=1S/C11H17ClFN3/c1-7(2)11(3,4)6-15-9-8(13)5-14-10(12)16-9/h5,7H,6H2,1-4H3,(H,14,15,16). The Morgan fingerprint density at radius 2 is 2.12 bits per heavy atom. The number of anilines is 1. The quantitative estimate of drug-likeness (QED) is 0.827. The smallest absolute Gasteiger partial charge is 0.224 e. The SMILES string of the molecule is CC(C)C(C)(C)CNc1nc(Cl)ncc1F. The molecule has 0 atom stereocenters. The Bertz CT molecular complexity index is 366. The van der Waals surface area contributed by atoms with Crippen molar-refractivity contribution in [3.63, 3.8) is 0 Å². The van der Waals surface area contributed by atoms with Crippen LogP contribution in [0.25, 0.3) is 0 Å². The fourth-order valence-corrected chi connectivity index (χ4v) is 1.12. The molecule has 16 heavy (non-hydrogen) atoms. The Morgan fingerprint density at radius 1 is 1.50 bits per heavy atom. The van der Waals surface area contributed by atoms with Gasteiger partial charge in [-0.15, -0.1) is 0 Å². The van der Waals surface area contributed by atoms with E-state index in [0.29, 0.717) is 12.5 Å². The summed E-state index contributed by atoms with van der Waals surface area (Å²) >= 11 is 5.60. The topological polar surface area (TPSA) is 37.8 Å².